The number of rotatable bonds is 5. The molecule has 0 bridgehead atoms. The minimum atomic E-state index is -4.52. The molecule has 1 N–H and O–H groups in total. The normalized spacial score (nSPS) is 11.4. The topological polar surface area (TPSA) is 59.3 Å². The predicted octanol–water partition coefficient (Wildman–Crippen LogP) is 5.14. The lowest BCUT2D eigenvalue weighted by Crippen LogP contribution is -2.13. The predicted molar refractivity (Wildman–Crippen MR) is 89.5 cm³/mol. The fraction of sp³-hybridized carbons (Fsp3) is 0.294. The summed E-state index contributed by atoms with van der Waals surface area (Å²) in [6.07, 6.45) is -4.27. The van der Waals surface area contributed by atoms with E-state index in [1.807, 2.05) is 0 Å². The van der Waals surface area contributed by atoms with Crippen LogP contribution in [0.5, 0.6) is 0 Å². The summed E-state index contributed by atoms with van der Waals surface area (Å²) in [5.74, 6) is 0.371. The second-order valence-corrected chi connectivity index (χ2v) is 6.33. The molecular formula is C17H15BrF3NO3. The molecule has 1 aromatic carbocycles. The lowest BCUT2D eigenvalue weighted by atomic mass is 10.1. The Morgan fingerprint density at radius 2 is 1.92 bits per heavy atom. The molecule has 0 saturated carbocycles. The Balaban J connectivity index is 2.01. The van der Waals surface area contributed by atoms with Gasteiger partial charge in [0.05, 0.1) is 11.1 Å². The van der Waals surface area contributed by atoms with E-state index in [0.29, 0.717) is 17.1 Å². The number of amides is 1. The highest BCUT2D eigenvalue weighted by molar-refractivity contribution is 9.10. The summed E-state index contributed by atoms with van der Waals surface area (Å²) >= 11 is 2.84. The quantitative estimate of drug-likeness (QED) is 0.684. The Morgan fingerprint density at radius 3 is 2.48 bits per heavy atom. The molecule has 0 saturated heterocycles. The molecule has 0 atom stereocenters. The molecule has 1 aromatic heterocycles. The number of furan rings is 1. The van der Waals surface area contributed by atoms with Gasteiger partial charge in [0, 0.05) is 23.0 Å². The highest BCUT2D eigenvalue weighted by atomic mass is 79.9. The number of benzene rings is 1. The number of Topliss-reactive ketones (excluding diaryl/α,β-unsaturated/α-hetero) is 1. The molecule has 0 unspecified atom stereocenters. The number of alkyl halides is 3. The van der Waals surface area contributed by atoms with E-state index in [1.54, 1.807) is 13.0 Å². The second-order valence-electron chi connectivity index (χ2n) is 5.48. The van der Waals surface area contributed by atoms with Gasteiger partial charge in [0.25, 0.3) is 0 Å². The molecule has 2 rings (SSSR count). The Bertz CT molecular complexity index is 812. The van der Waals surface area contributed by atoms with Gasteiger partial charge in [-0.2, -0.15) is 13.2 Å². The molecule has 1 amide bonds. The maximum atomic E-state index is 12.9. The van der Waals surface area contributed by atoms with Crippen molar-refractivity contribution in [2.75, 3.05) is 5.32 Å². The maximum absolute atomic E-state index is 12.9. The third-order valence-electron chi connectivity index (χ3n) is 3.50. The van der Waals surface area contributed by atoms with Crippen LogP contribution in [0.4, 0.5) is 18.9 Å². The summed E-state index contributed by atoms with van der Waals surface area (Å²) in [6.45, 7) is 3.07. The van der Waals surface area contributed by atoms with Crippen LogP contribution < -0.4 is 5.32 Å². The van der Waals surface area contributed by atoms with Gasteiger partial charge in [0.2, 0.25) is 5.91 Å². The third kappa shape index (κ3) is 4.94. The molecular weight excluding hydrogens is 403 g/mol. The van der Waals surface area contributed by atoms with Crippen LogP contribution in [-0.4, -0.2) is 11.7 Å². The van der Waals surface area contributed by atoms with Gasteiger partial charge in [-0.1, -0.05) is 15.9 Å². The molecule has 0 spiro atoms. The van der Waals surface area contributed by atoms with Crippen LogP contribution in [-0.2, 0) is 17.4 Å². The molecule has 4 nitrogen and oxygen atoms in total. The summed E-state index contributed by atoms with van der Waals surface area (Å²) < 4.78 is 43.9. The molecule has 0 fully saturated rings. The zero-order valence-corrected chi connectivity index (χ0v) is 15.0. The minimum Gasteiger partial charge on any atom is -0.466 e. The standard InChI is InChI=1S/C17H15BrF3NO3/c1-9(23)13-8-12(25-10(13)2)4-6-16(24)22-11-3-5-15(18)14(7-11)17(19,20)21/h3,5,7-8H,4,6H2,1-2H3,(H,22,24). The Morgan fingerprint density at radius 1 is 1.24 bits per heavy atom. The van der Waals surface area contributed by atoms with Crippen LogP contribution in [0.1, 0.15) is 40.8 Å². The van der Waals surface area contributed by atoms with E-state index in [1.165, 1.54) is 19.1 Å². The van der Waals surface area contributed by atoms with E-state index < -0.39 is 17.6 Å². The molecule has 0 aliphatic carbocycles. The van der Waals surface area contributed by atoms with Gasteiger partial charge in [-0.25, -0.2) is 0 Å². The average molecular weight is 418 g/mol. The number of hydrogen-bond donors (Lipinski definition) is 1. The molecule has 0 aliphatic rings. The van der Waals surface area contributed by atoms with E-state index in [4.69, 9.17) is 4.42 Å². The van der Waals surface area contributed by atoms with E-state index in [0.717, 1.165) is 6.07 Å². The van der Waals surface area contributed by atoms with Crippen LogP contribution in [0.25, 0.3) is 0 Å². The van der Waals surface area contributed by atoms with Gasteiger partial charge < -0.3 is 9.73 Å². The van der Waals surface area contributed by atoms with Crippen molar-refractivity contribution in [3.63, 3.8) is 0 Å². The zero-order valence-electron chi connectivity index (χ0n) is 13.5. The Labute approximate surface area is 150 Å². The minimum absolute atomic E-state index is 0.0156. The van der Waals surface area contributed by atoms with Crippen molar-refractivity contribution in [2.24, 2.45) is 0 Å². The summed E-state index contributed by atoms with van der Waals surface area (Å²) in [7, 11) is 0. The first kappa shape index (κ1) is 19.2. The first-order valence-electron chi connectivity index (χ1n) is 7.34. The van der Waals surface area contributed by atoms with Gasteiger partial charge in [-0.15, -0.1) is 0 Å². The number of hydrogen-bond acceptors (Lipinski definition) is 3. The van der Waals surface area contributed by atoms with E-state index in [-0.39, 0.29) is 28.8 Å². The SMILES string of the molecule is CC(=O)c1cc(CCC(=O)Nc2ccc(Br)c(C(F)(F)F)c2)oc1C. The monoisotopic (exact) mass is 417 g/mol. The zero-order chi connectivity index (χ0) is 18.8. The molecule has 25 heavy (non-hydrogen) atoms. The van der Waals surface area contributed by atoms with Crippen molar-refractivity contribution in [3.8, 4) is 0 Å². The van der Waals surface area contributed by atoms with Gasteiger partial charge >= 0.3 is 6.18 Å². The summed E-state index contributed by atoms with van der Waals surface area (Å²) in [4.78, 5) is 23.3. The smallest absolute Gasteiger partial charge is 0.417 e. The van der Waals surface area contributed by atoms with E-state index >= 15 is 0 Å². The highest BCUT2D eigenvalue weighted by Crippen LogP contribution is 2.36. The van der Waals surface area contributed by atoms with Gasteiger partial charge in [0.15, 0.2) is 5.78 Å². The van der Waals surface area contributed by atoms with Crippen molar-refractivity contribution in [1.29, 1.82) is 0 Å². The van der Waals surface area contributed by atoms with Gasteiger partial charge in [-0.3, -0.25) is 9.59 Å². The number of carbonyl (C=O) groups is 2. The molecule has 0 radical (unpaired) electrons. The number of anilines is 1. The summed E-state index contributed by atoms with van der Waals surface area (Å²) in [5.41, 5.74) is -0.350. The fourth-order valence-corrected chi connectivity index (χ4v) is 2.77. The average Bonchev–Trinajstić information content (AvgIpc) is 2.87. The van der Waals surface area contributed by atoms with Crippen LogP contribution in [0.3, 0.4) is 0 Å². The van der Waals surface area contributed by atoms with Crippen molar-refractivity contribution in [1.82, 2.24) is 0 Å². The largest absolute Gasteiger partial charge is 0.466 e. The lowest BCUT2D eigenvalue weighted by Gasteiger charge is -2.11. The van der Waals surface area contributed by atoms with E-state index in [2.05, 4.69) is 21.2 Å². The van der Waals surface area contributed by atoms with Gasteiger partial charge in [0.1, 0.15) is 11.5 Å². The number of ketones is 1. The van der Waals surface area contributed by atoms with E-state index in [9.17, 15) is 22.8 Å². The van der Waals surface area contributed by atoms with Gasteiger partial charge in [-0.05, 0) is 38.1 Å². The first-order valence-corrected chi connectivity index (χ1v) is 8.14. The molecule has 8 heteroatoms. The number of halogens is 4. The van der Waals surface area contributed by atoms with Crippen molar-refractivity contribution >= 4 is 33.3 Å². The lowest BCUT2D eigenvalue weighted by molar-refractivity contribution is -0.138. The Kier molecular flexibility index (Phi) is 5.72. The number of carbonyl (C=O) groups excluding carboxylic acids is 2. The van der Waals surface area contributed by atoms with Crippen LogP contribution in [0, 0.1) is 6.92 Å². The summed E-state index contributed by atoms with van der Waals surface area (Å²) in [6, 6.07) is 5.05. The van der Waals surface area contributed by atoms with Crippen molar-refractivity contribution < 1.29 is 27.2 Å². The fourth-order valence-electron chi connectivity index (χ4n) is 2.30. The molecule has 2 aromatic rings. The van der Waals surface area contributed by atoms with Crippen LogP contribution >= 0.6 is 15.9 Å². The number of aryl methyl sites for hydroxylation is 2. The van der Waals surface area contributed by atoms with Crippen LogP contribution in [0.15, 0.2) is 33.2 Å². The number of nitrogens with one attached hydrogen (secondary N) is 1. The molecule has 0 aliphatic heterocycles. The molecule has 134 valence electrons. The summed E-state index contributed by atoms with van der Waals surface area (Å²) in [5, 5.41) is 2.43. The molecule has 1 heterocycles. The third-order valence-corrected chi connectivity index (χ3v) is 4.19. The van der Waals surface area contributed by atoms with Crippen LogP contribution in [0.2, 0.25) is 0 Å². The first-order chi connectivity index (χ1) is 11.6. The van der Waals surface area contributed by atoms with Crippen molar-refractivity contribution in [2.45, 2.75) is 32.9 Å². The van der Waals surface area contributed by atoms with Crippen molar-refractivity contribution in [3.05, 3.63) is 51.4 Å². The second kappa shape index (κ2) is 7.43. The Hall–Kier alpha value is -2.09. The maximum Gasteiger partial charge on any atom is 0.417 e. The highest BCUT2D eigenvalue weighted by Gasteiger charge is 2.33.